The van der Waals surface area contributed by atoms with Crippen LogP contribution in [0.15, 0.2) is 47.1 Å². The molecule has 0 bridgehead atoms. The minimum Gasteiger partial charge on any atom is -0.459 e. The van der Waals surface area contributed by atoms with E-state index in [1.807, 2.05) is 4.90 Å². The smallest absolute Gasteiger partial charge is 0.291 e. The summed E-state index contributed by atoms with van der Waals surface area (Å²) in [5.41, 5.74) is 1.28. The van der Waals surface area contributed by atoms with Crippen LogP contribution in [-0.2, 0) is 0 Å². The third-order valence-electron chi connectivity index (χ3n) is 4.64. The number of nitrogens with zero attached hydrogens (tertiary/aromatic N) is 1. The number of unbranched alkanes of at least 4 members (excludes halogenated alkanes) is 2. The Morgan fingerprint density at radius 2 is 1.81 bits per heavy atom. The molecule has 0 aliphatic heterocycles. The molecule has 5 nitrogen and oxygen atoms in total. The standard InChI is InChI=1S/C22H30N2O3/c1-4-6-7-15-24(17(3)9-5-2)22(26)18-11-13-19(14-12-18)23-21(25)20-10-8-16-27-20/h8,10-14,16-17H,4-7,9,15H2,1-3H3,(H,23,25). The highest BCUT2D eigenvalue weighted by Gasteiger charge is 2.20. The van der Waals surface area contributed by atoms with Crippen LogP contribution < -0.4 is 5.32 Å². The van der Waals surface area contributed by atoms with Crippen LogP contribution in [0, 0.1) is 0 Å². The van der Waals surface area contributed by atoms with Gasteiger partial charge in [-0.15, -0.1) is 0 Å². The molecular formula is C22H30N2O3. The van der Waals surface area contributed by atoms with Gasteiger partial charge in [-0.25, -0.2) is 0 Å². The van der Waals surface area contributed by atoms with E-state index >= 15 is 0 Å². The number of carbonyl (C=O) groups is 2. The van der Waals surface area contributed by atoms with E-state index < -0.39 is 0 Å². The molecular weight excluding hydrogens is 340 g/mol. The molecule has 1 aromatic heterocycles. The Balaban J connectivity index is 2.05. The highest BCUT2D eigenvalue weighted by atomic mass is 16.3. The highest BCUT2D eigenvalue weighted by Crippen LogP contribution is 2.17. The lowest BCUT2D eigenvalue weighted by Crippen LogP contribution is -2.39. The molecule has 2 amide bonds. The van der Waals surface area contributed by atoms with Crippen molar-refractivity contribution in [3.63, 3.8) is 0 Å². The minimum atomic E-state index is -0.308. The van der Waals surface area contributed by atoms with E-state index in [1.54, 1.807) is 36.4 Å². The van der Waals surface area contributed by atoms with Crippen LogP contribution in [0.25, 0.3) is 0 Å². The van der Waals surface area contributed by atoms with Gasteiger partial charge < -0.3 is 14.6 Å². The number of nitrogens with one attached hydrogen (secondary N) is 1. The second kappa shape index (κ2) is 10.6. The van der Waals surface area contributed by atoms with Gasteiger partial charge in [-0.2, -0.15) is 0 Å². The van der Waals surface area contributed by atoms with Crippen molar-refractivity contribution in [3.8, 4) is 0 Å². The van der Waals surface area contributed by atoms with Gasteiger partial charge in [0.1, 0.15) is 0 Å². The molecule has 0 saturated carbocycles. The van der Waals surface area contributed by atoms with Gasteiger partial charge in [0, 0.05) is 23.8 Å². The van der Waals surface area contributed by atoms with Gasteiger partial charge in [-0.05, 0) is 56.2 Å². The first-order valence-corrected chi connectivity index (χ1v) is 9.82. The lowest BCUT2D eigenvalue weighted by atomic mass is 10.1. The maximum atomic E-state index is 13.0. The zero-order valence-corrected chi connectivity index (χ0v) is 16.5. The van der Waals surface area contributed by atoms with Crippen molar-refractivity contribution in [1.82, 2.24) is 4.90 Å². The van der Waals surface area contributed by atoms with Crippen LogP contribution in [0.3, 0.4) is 0 Å². The molecule has 1 aromatic carbocycles. The Morgan fingerprint density at radius 1 is 1.07 bits per heavy atom. The average Bonchev–Trinajstić information content (AvgIpc) is 3.20. The molecule has 2 rings (SSSR count). The summed E-state index contributed by atoms with van der Waals surface area (Å²) in [6, 6.07) is 10.5. The zero-order valence-electron chi connectivity index (χ0n) is 16.5. The number of hydrogen-bond acceptors (Lipinski definition) is 3. The fourth-order valence-electron chi connectivity index (χ4n) is 3.09. The molecule has 146 valence electrons. The molecule has 0 fully saturated rings. The van der Waals surface area contributed by atoms with Crippen molar-refractivity contribution in [1.29, 1.82) is 0 Å². The van der Waals surface area contributed by atoms with Gasteiger partial charge in [0.05, 0.1) is 6.26 Å². The zero-order chi connectivity index (χ0) is 19.6. The number of carbonyl (C=O) groups excluding carboxylic acids is 2. The van der Waals surface area contributed by atoms with Crippen molar-refractivity contribution in [2.75, 3.05) is 11.9 Å². The molecule has 0 saturated heterocycles. The summed E-state index contributed by atoms with van der Waals surface area (Å²) in [6.45, 7) is 7.20. The van der Waals surface area contributed by atoms with Crippen LogP contribution in [0.1, 0.15) is 73.8 Å². The molecule has 2 aromatic rings. The van der Waals surface area contributed by atoms with Gasteiger partial charge >= 0.3 is 0 Å². The van der Waals surface area contributed by atoms with Crippen LogP contribution >= 0.6 is 0 Å². The maximum Gasteiger partial charge on any atom is 0.291 e. The largest absolute Gasteiger partial charge is 0.459 e. The fourth-order valence-corrected chi connectivity index (χ4v) is 3.09. The van der Waals surface area contributed by atoms with Crippen molar-refractivity contribution in [2.24, 2.45) is 0 Å². The fraction of sp³-hybridized carbons (Fsp3) is 0.455. The molecule has 0 aliphatic rings. The average molecular weight is 370 g/mol. The number of amides is 2. The second-order valence-electron chi connectivity index (χ2n) is 6.85. The van der Waals surface area contributed by atoms with E-state index in [2.05, 4.69) is 26.1 Å². The van der Waals surface area contributed by atoms with Gasteiger partial charge in [0.15, 0.2) is 5.76 Å². The summed E-state index contributed by atoms with van der Waals surface area (Å²) in [4.78, 5) is 27.0. The first-order chi connectivity index (χ1) is 13.1. The molecule has 1 atom stereocenters. The van der Waals surface area contributed by atoms with Gasteiger partial charge in [-0.1, -0.05) is 33.1 Å². The number of anilines is 1. The molecule has 1 heterocycles. The van der Waals surface area contributed by atoms with Crippen molar-refractivity contribution in [3.05, 3.63) is 54.0 Å². The summed E-state index contributed by atoms with van der Waals surface area (Å²) >= 11 is 0. The monoisotopic (exact) mass is 370 g/mol. The third kappa shape index (κ3) is 5.98. The quantitative estimate of drug-likeness (QED) is 0.573. The van der Waals surface area contributed by atoms with E-state index in [0.717, 1.165) is 38.6 Å². The number of furan rings is 1. The number of benzene rings is 1. The first-order valence-electron chi connectivity index (χ1n) is 9.82. The minimum absolute atomic E-state index is 0.0518. The van der Waals surface area contributed by atoms with E-state index in [9.17, 15) is 9.59 Å². The summed E-state index contributed by atoms with van der Waals surface area (Å²) in [5.74, 6) is -0.00144. The second-order valence-corrected chi connectivity index (χ2v) is 6.85. The topological polar surface area (TPSA) is 62.6 Å². The van der Waals surface area contributed by atoms with Crippen LogP contribution in [-0.4, -0.2) is 29.3 Å². The molecule has 27 heavy (non-hydrogen) atoms. The Morgan fingerprint density at radius 3 is 2.41 bits per heavy atom. The van der Waals surface area contributed by atoms with Crippen molar-refractivity contribution in [2.45, 2.75) is 58.9 Å². The summed E-state index contributed by atoms with van der Waals surface area (Å²) in [5, 5.41) is 2.77. The third-order valence-corrected chi connectivity index (χ3v) is 4.64. The molecule has 0 spiro atoms. The lowest BCUT2D eigenvalue weighted by Gasteiger charge is -2.29. The Kier molecular flexibility index (Phi) is 8.11. The molecule has 5 heteroatoms. The van der Waals surface area contributed by atoms with E-state index in [-0.39, 0.29) is 23.6 Å². The molecule has 0 aliphatic carbocycles. The highest BCUT2D eigenvalue weighted by molar-refractivity contribution is 6.02. The Hall–Kier alpha value is -2.56. The Bertz CT molecular complexity index is 708. The van der Waals surface area contributed by atoms with Gasteiger partial charge in [-0.3, -0.25) is 9.59 Å². The van der Waals surface area contributed by atoms with Crippen LogP contribution in [0.5, 0.6) is 0 Å². The van der Waals surface area contributed by atoms with Gasteiger partial charge in [0.2, 0.25) is 0 Å². The normalized spacial score (nSPS) is 11.8. The van der Waals surface area contributed by atoms with Crippen molar-refractivity contribution >= 4 is 17.5 Å². The van der Waals surface area contributed by atoms with E-state index in [0.29, 0.717) is 11.3 Å². The first kappa shape index (κ1) is 20.7. The van der Waals surface area contributed by atoms with Crippen LogP contribution in [0.2, 0.25) is 0 Å². The van der Waals surface area contributed by atoms with E-state index in [1.165, 1.54) is 6.26 Å². The lowest BCUT2D eigenvalue weighted by molar-refractivity contribution is 0.0679. The predicted octanol–water partition coefficient (Wildman–Crippen LogP) is 5.35. The summed E-state index contributed by atoms with van der Waals surface area (Å²) < 4.78 is 5.08. The summed E-state index contributed by atoms with van der Waals surface area (Å²) in [7, 11) is 0. The number of rotatable bonds is 10. The predicted molar refractivity (Wildman–Crippen MR) is 108 cm³/mol. The van der Waals surface area contributed by atoms with E-state index in [4.69, 9.17) is 4.42 Å². The SMILES string of the molecule is CCCCCN(C(=O)c1ccc(NC(=O)c2ccco2)cc1)C(C)CCC. The Labute approximate surface area is 161 Å². The van der Waals surface area contributed by atoms with Crippen molar-refractivity contribution < 1.29 is 14.0 Å². The molecule has 1 N–H and O–H groups in total. The number of hydrogen-bond donors (Lipinski definition) is 1. The maximum absolute atomic E-state index is 13.0. The van der Waals surface area contributed by atoms with Gasteiger partial charge in [0.25, 0.3) is 11.8 Å². The molecule has 1 unspecified atom stereocenters. The summed E-state index contributed by atoms with van der Waals surface area (Å²) in [6.07, 6.45) is 6.79. The molecule has 0 radical (unpaired) electrons. The van der Waals surface area contributed by atoms with Crippen LogP contribution in [0.4, 0.5) is 5.69 Å².